The molecule has 5 nitrogen and oxygen atoms in total. The van der Waals surface area contributed by atoms with E-state index in [1.165, 1.54) is 15.4 Å². The fourth-order valence-corrected chi connectivity index (χ4v) is 4.39. The van der Waals surface area contributed by atoms with Crippen molar-refractivity contribution < 1.29 is 8.42 Å². The Hall–Kier alpha value is -1.73. The van der Waals surface area contributed by atoms with Crippen LogP contribution in [0.25, 0.3) is 0 Å². The van der Waals surface area contributed by atoms with E-state index in [2.05, 4.69) is 53.4 Å². The summed E-state index contributed by atoms with van der Waals surface area (Å²) >= 11 is 0. The van der Waals surface area contributed by atoms with Gasteiger partial charge in [-0.3, -0.25) is 4.90 Å². The molecule has 1 aliphatic rings. The van der Waals surface area contributed by atoms with Crippen LogP contribution in [-0.2, 0) is 10.2 Å². The second kappa shape index (κ2) is 7.66. The van der Waals surface area contributed by atoms with E-state index in [1.54, 1.807) is 18.4 Å². The number of hydrogen-bond donors (Lipinski definition) is 0. The van der Waals surface area contributed by atoms with E-state index >= 15 is 0 Å². The molecular formula is C19H25N3O2S. The van der Waals surface area contributed by atoms with E-state index in [-0.39, 0.29) is 6.04 Å². The van der Waals surface area contributed by atoms with E-state index in [0.717, 1.165) is 0 Å². The van der Waals surface area contributed by atoms with E-state index in [4.69, 9.17) is 0 Å². The largest absolute Gasteiger partial charge is 0.290 e. The lowest BCUT2D eigenvalue weighted by Gasteiger charge is -2.39. The summed E-state index contributed by atoms with van der Waals surface area (Å²) in [6.45, 7) is 2.44. The maximum absolute atomic E-state index is 12.3. The predicted octanol–water partition coefficient (Wildman–Crippen LogP) is 2.20. The molecule has 1 heterocycles. The van der Waals surface area contributed by atoms with Crippen LogP contribution in [0.15, 0.2) is 60.7 Å². The van der Waals surface area contributed by atoms with Crippen molar-refractivity contribution in [1.29, 1.82) is 0 Å². The van der Waals surface area contributed by atoms with Crippen molar-refractivity contribution in [3.05, 3.63) is 71.8 Å². The Morgan fingerprint density at radius 1 is 0.800 bits per heavy atom. The first-order valence-corrected chi connectivity index (χ1v) is 9.91. The minimum Gasteiger partial charge on any atom is -0.290 e. The van der Waals surface area contributed by atoms with Gasteiger partial charge in [0, 0.05) is 40.3 Å². The zero-order valence-electron chi connectivity index (χ0n) is 14.7. The zero-order chi connectivity index (χ0) is 17.9. The summed E-state index contributed by atoms with van der Waals surface area (Å²) in [7, 11) is -0.175. The normalized spacial score (nSPS) is 17.3. The summed E-state index contributed by atoms with van der Waals surface area (Å²) in [4.78, 5) is 2.37. The molecule has 25 heavy (non-hydrogen) atoms. The third-order valence-corrected chi connectivity index (χ3v) is 6.60. The Bertz CT molecular complexity index is 731. The number of nitrogens with zero attached hydrogens (tertiary/aromatic N) is 3. The Balaban J connectivity index is 1.83. The third-order valence-electron chi connectivity index (χ3n) is 4.66. The predicted molar refractivity (Wildman–Crippen MR) is 100 cm³/mol. The molecule has 0 atom stereocenters. The fraction of sp³-hybridized carbons (Fsp3) is 0.368. The molecule has 0 aromatic heterocycles. The standard InChI is InChI=1S/C19H25N3O2S/c1-20(2)25(23,24)22-15-13-21(14-16-22)19(17-9-5-3-6-10-17)18-11-7-4-8-12-18/h3-12,19H,13-16H2,1-2H3. The zero-order valence-corrected chi connectivity index (χ0v) is 15.6. The maximum Gasteiger partial charge on any atom is 0.281 e. The van der Waals surface area contributed by atoms with Gasteiger partial charge in [-0.15, -0.1) is 0 Å². The molecule has 0 bridgehead atoms. The summed E-state index contributed by atoms with van der Waals surface area (Å²) in [6.07, 6.45) is 0. The molecule has 0 aliphatic carbocycles. The lowest BCUT2D eigenvalue weighted by molar-refractivity contribution is 0.152. The Morgan fingerprint density at radius 3 is 1.64 bits per heavy atom. The van der Waals surface area contributed by atoms with Gasteiger partial charge < -0.3 is 0 Å². The molecule has 134 valence electrons. The first-order chi connectivity index (χ1) is 12.0. The van der Waals surface area contributed by atoms with Crippen molar-refractivity contribution in [3.8, 4) is 0 Å². The van der Waals surface area contributed by atoms with Crippen molar-refractivity contribution in [2.45, 2.75) is 6.04 Å². The summed E-state index contributed by atoms with van der Waals surface area (Å²) in [6, 6.07) is 21.0. The minimum absolute atomic E-state index is 0.145. The van der Waals surface area contributed by atoms with Gasteiger partial charge in [0.05, 0.1) is 6.04 Å². The van der Waals surface area contributed by atoms with Gasteiger partial charge in [0.2, 0.25) is 0 Å². The number of hydrogen-bond acceptors (Lipinski definition) is 3. The van der Waals surface area contributed by atoms with Gasteiger partial charge in [0.25, 0.3) is 10.2 Å². The quantitative estimate of drug-likeness (QED) is 0.822. The molecule has 2 aromatic rings. The first kappa shape index (κ1) is 18.1. The van der Waals surface area contributed by atoms with Crippen LogP contribution in [0, 0.1) is 0 Å². The van der Waals surface area contributed by atoms with Crippen LogP contribution >= 0.6 is 0 Å². The molecule has 1 fully saturated rings. The van der Waals surface area contributed by atoms with Crippen LogP contribution in [0.2, 0.25) is 0 Å². The maximum atomic E-state index is 12.3. The highest BCUT2D eigenvalue weighted by Gasteiger charge is 2.32. The lowest BCUT2D eigenvalue weighted by Crippen LogP contribution is -2.52. The molecule has 0 N–H and O–H groups in total. The Morgan fingerprint density at radius 2 is 1.24 bits per heavy atom. The summed E-state index contributed by atoms with van der Waals surface area (Å²) in [5.74, 6) is 0. The van der Waals surface area contributed by atoms with Crippen LogP contribution in [0.3, 0.4) is 0 Å². The Labute approximate surface area is 150 Å². The second-order valence-corrected chi connectivity index (χ2v) is 8.59. The molecular weight excluding hydrogens is 334 g/mol. The fourth-order valence-electron chi connectivity index (χ4n) is 3.31. The molecule has 2 aromatic carbocycles. The van der Waals surface area contributed by atoms with Gasteiger partial charge in [-0.1, -0.05) is 60.7 Å². The summed E-state index contributed by atoms with van der Waals surface area (Å²) < 4.78 is 27.5. The van der Waals surface area contributed by atoms with Crippen molar-refractivity contribution in [3.63, 3.8) is 0 Å². The Kier molecular flexibility index (Phi) is 5.54. The number of benzene rings is 2. The lowest BCUT2D eigenvalue weighted by atomic mass is 9.96. The highest BCUT2D eigenvalue weighted by Crippen LogP contribution is 2.29. The topological polar surface area (TPSA) is 43.9 Å². The molecule has 0 spiro atoms. The molecule has 0 unspecified atom stereocenters. The molecule has 3 rings (SSSR count). The van der Waals surface area contributed by atoms with Crippen LogP contribution in [0.5, 0.6) is 0 Å². The highest BCUT2D eigenvalue weighted by molar-refractivity contribution is 7.86. The average molecular weight is 359 g/mol. The van der Waals surface area contributed by atoms with Crippen LogP contribution in [0.1, 0.15) is 17.2 Å². The average Bonchev–Trinajstić information content (AvgIpc) is 2.64. The molecule has 0 radical (unpaired) electrons. The monoisotopic (exact) mass is 359 g/mol. The smallest absolute Gasteiger partial charge is 0.281 e. The highest BCUT2D eigenvalue weighted by atomic mass is 32.2. The van der Waals surface area contributed by atoms with E-state index in [9.17, 15) is 8.42 Å². The van der Waals surface area contributed by atoms with E-state index < -0.39 is 10.2 Å². The van der Waals surface area contributed by atoms with Crippen LogP contribution in [-0.4, -0.2) is 62.2 Å². The summed E-state index contributed by atoms with van der Waals surface area (Å²) in [5.41, 5.74) is 2.47. The molecule has 0 saturated carbocycles. The van der Waals surface area contributed by atoms with Crippen LogP contribution < -0.4 is 0 Å². The van der Waals surface area contributed by atoms with Crippen molar-refractivity contribution >= 4 is 10.2 Å². The van der Waals surface area contributed by atoms with Gasteiger partial charge in [-0.25, -0.2) is 0 Å². The SMILES string of the molecule is CN(C)S(=O)(=O)N1CCN(C(c2ccccc2)c2ccccc2)CC1. The van der Waals surface area contributed by atoms with E-state index in [0.29, 0.717) is 26.2 Å². The minimum atomic E-state index is -3.34. The van der Waals surface area contributed by atoms with Gasteiger partial charge in [0.1, 0.15) is 0 Å². The molecule has 0 amide bonds. The number of piperazine rings is 1. The van der Waals surface area contributed by atoms with Gasteiger partial charge >= 0.3 is 0 Å². The van der Waals surface area contributed by atoms with Crippen molar-refractivity contribution in [2.24, 2.45) is 0 Å². The number of rotatable bonds is 5. The third kappa shape index (κ3) is 3.93. The molecule has 1 aliphatic heterocycles. The first-order valence-electron chi connectivity index (χ1n) is 8.51. The van der Waals surface area contributed by atoms with Gasteiger partial charge in [-0.05, 0) is 11.1 Å². The van der Waals surface area contributed by atoms with E-state index in [1.807, 2.05) is 12.1 Å². The van der Waals surface area contributed by atoms with Gasteiger partial charge in [-0.2, -0.15) is 17.0 Å². The molecule has 6 heteroatoms. The summed E-state index contributed by atoms with van der Waals surface area (Å²) in [5, 5.41) is 0. The second-order valence-electron chi connectivity index (χ2n) is 6.45. The van der Waals surface area contributed by atoms with Crippen LogP contribution in [0.4, 0.5) is 0 Å². The van der Waals surface area contributed by atoms with Crippen molar-refractivity contribution in [1.82, 2.24) is 13.5 Å². The van der Waals surface area contributed by atoms with Gasteiger partial charge in [0.15, 0.2) is 0 Å². The van der Waals surface area contributed by atoms with Crippen molar-refractivity contribution in [2.75, 3.05) is 40.3 Å². The molecule has 1 saturated heterocycles.